The molecule has 26 heavy (non-hydrogen) atoms. The molecule has 0 spiro atoms. The zero-order valence-electron chi connectivity index (χ0n) is 13.9. The highest BCUT2D eigenvalue weighted by Crippen LogP contribution is 2.33. The number of fused-ring (bicyclic) bond motifs is 1. The number of carbonyl (C=O) groups is 2. The van der Waals surface area contributed by atoms with E-state index in [1.54, 1.807) is 31.4 Å². The second-order valence-electron chi connectivity index (χ2n) is 6.10. The maximum absolute atomic E-state index is 13.1. The fraction of sp³-hybridized carbons (Fsp3) is 0.211. The summed E-state index contributed by atoms with van der Waals surface area (Å²) in [4.78, 5) is 31.8. The standard InChI is InChI=1S/C19H15FN2O4/c1-25-14-8-2-11(3-9-14)10-22-18(23)15-16(21-26-17(15)19(22)24)12-4-6-13(20)7-5-12/h2-9,15,17H,10H2,1H3/t15-,17-/m0/s1. The molecule has 2 aliphatic rings. The highest BCUT2D eigenvalue weighted by atomic mass is 19.1. The Hall–Kier alpha value is -3.22. The molecule has 2 heterocycles. The molecule has 6 nitrogen and oxygen atoms in total. The lowest BCUT2D eigenvalue weighted by atomic mass is 9.94. The van der Waals surface area contributed by atoms with E-state index in [-0.39, 0.29) is 18.3 Å². The first-order valence-electron chi connectivity index (χ1n) is 8.06. The quantitative estimate of drug-likeness (QED) is 0.789. The van der Waals surface area contributed by atoms with Crippen molar-refractivity contribution < 1.29 is 23.6 Å². The van der Waals surface area contributed by atoms with E-state index in [0.29, 0.717) is 17.0 Å². The molecule has 2 atom stereocenters. The highest BCUT2D eigenvalue weighted by Gasteiger charge is 2.55. The third kappa shape index (κ3) is 2.61. The number of hydrogen-bond acceptors (Lipinski definition) is 5. The summed E-state index contributed by atoms with van der Waals surface area (Å²) in [6, 6.07) is 12.7. The van der Waals surface area contributed by atoms with Crippen molar-refractivity contribution in [3.63, 3.8) is 0 Å². The van der Waals surface area contributed by atoms with Gasteiger partial charge in [-0.05, 0) is 29.8 Å². The number of amides is 2. The van der Waals surface area contributed by atoms with Crippen LogP contribution in [0.3, 0.4) is 0 Å². The van der Waals surface area contributed by atoms with E-state index in [1.165, 1.54) is 29.2 Å². The number of hydrogen-bond donors (Lipinski definition) is 0. The molecule has 0 saturated carbocycles. The van der Waals surface area contributed by atoms with Gasteiger partial charge in [0, 0.05) is 5.56 Å². The largest absolute Gasteiger partial charge is 0.497 e. The maximum atomic E-state index is 13.1. The van der Waals surface area contributed by atoms with Crippen molar-refractivity contribution in [3.8, 4) is 5.75 Å². The van der Waals surface area contributed by atoms with Crippen LogP contribution in [0, 0.1) is 11.7 Å². The lowest BCUT2D eigenvalue weighted by molar-refractivity contribution is -0.142. The Labute approximate surface area is 148 Å². The molecule has 1 fully saturated rings. The van der Waals surface area contributed by atoms with Gasteiger partial charge in [-0.25, -0.2) is 4.39 Å². The molecule has 0 unspecified atom stereocenters. The van der Waals surface area contributed by atoms with Gasteiger partial charge in [0.1, 0.15) is 23.2 Å². The van der Waals surface area contributed by atoms with E-state index in [9.17, 15) is 14.0 Å². The number of oxime groups is 1. The van der Waals surface area contributed by atoms with Crippen LogP contribution < -0.4 is 4.74 Å². The summed E-state index contributed by atoms with van der Waals surface area (Å²) in [6.07, 6.45) is -0.958. The van der Waals surface area contributed by atoms with Crippen LogP contribution in [0.15, 0.2) is 53.7 Å². The molecule has 4 rings (SSSR count). The van der Waals surface area contributed by atoms with Gasteiger partial charge in [-0.2, -0.15) is 0 Å². The van der Waals surface area contributed by atoms with Gasteiger partial charge in [-0.15, -0.1) is 0 Å². The van der Waals surface area contributed by atoms with Crippen LogP contribution in [0.4, 0.5) is 4.39 Å². The van der Waals surface area contributed by atoms with Gasteiger partial charge in [-0.1, -0.05) is 29.4 Å². The molecule has 2 aromatic rings. The van der Waals surface area contributed by atoms with E-state index in [0.717, 1.165) is 5.56 Å². The molecule has 7 heteroatoms. The van der Waals surface area contributed by atoms with Crippen LogP contribution >= 0.6 is 0 Å². The summed E-state index contributed by atoms with van der Waals surface area (Å²) in [5.41, 5.74) is 1.71. The Morgan fingerprint density at radius 3 is 2.42 bits per heavy atom. The van der Waals surface area contributed by atoms with E-state index in [2.05, 4.69) is 5.16 Å². The van der Waals surface area contributed by atoms with E-state index in [1.807, 2.05) is 0 Å². The number of imide groups is 1. The minimum atomic E-state index is -0.958. The van der Waals surface area contributed by atoms with E-state index >= 15 is 0 Å². The number of methoxy groups -OCH3 is 1. The molecular formula is C19H15FN2O4. The van der Waals surface area contributed by atoms with Gasteiger partial charge in [0.25, 0.3) is 5.91 Å². The molecule has 2 aromatic carbocycles. The molecule has 0 radical (unpaired) electrons. The zero-order chi connectivity index (χ0) is 18.3. The van der Waals surface area contributed by atoms with Crippen LogP contribution in [-0.2, 0) is 21.0 Å². The van der Waals surface area contributed by atoms with Crippen molar-refractivity contribution in [3.05, 3.63) is 65.5 Å². The van der Waals surface area contributed by atoms with Crippen LogP contribution in [0.1, 0.15) is 11.1 Å². The second-order valence-corrected chi connectivity index (χ2v) is 6.10. The van der Waals surface area contributed by atoms with Crippen molar-refractivity contribution in [2.45, 2.75) is 12.6 Å². The molecule has 2 amide bonds. The number of carbonyl (C=O) groups excluding carboxylic acids is 2. The zero-order valence-corrected chi connectivity index (χ0v) is 13.9. The lowest BCUT2D eigenvalue weighted by Gasteiger charge is -2.15. The number of nitrogens with zero attached hydrogens (tertiary/aromatic N) is 2. The van der Waals surface area contributed by atoms with Gasteiger partial charge >= 0.3 is 0 Å². The second kappa shape index (κ2) is 6.25. The minimum Gasteiger partial charge on any atom is -0.497 e. The Morgan fingerprint density at radius 2 is 1.77 bits per heavy atom. The van der Waals surface area contributed by atoms with Crippen LogP contribution in [0.5, 0.6) is 5.75 Å². The SMILES string of the molecule is COc1ccc(CN2C(=O)[C@H]3C(c4ccc(F)cc4)=NO[C@@H]3C2=O)cc1. The van der Waals surface area contributed by atoms with Crippen molar-refractivity contribution in [2.24, 2.45) is 11.1 Å². The average molecular weight is 354 g/mol. The van der Waals surface area contributed by atoms with Crippen molar-refractivity contribution in [1.29, 1.82) is 0 Å². The Balaban J connectivity index is 1.57. The summed E-state index contributed by atoms with van der Waals surface area (Å²) in [5.74, 6) is -1.28. The number of ether oxygens (including phenoxy) is 1. The first-order valence-corrected chi connectivity index (χ1v) is 8.06. The monoisotopic (exact) mass is 354 g/mol. The fourth-order valence-corrected chi connectivity index (χ4v) is 3.16. The Kier molecular flexibility index (Phi) is 3.91. The molecule has 0 aliphatic carbocycles. The first-order chi connectivity index (χ1) is 12.6. The van der Waals surface area contributed by atoms with Crippen LogP contribution in [0.2, 0.25) is 0 Å². The molecule has 0 aromatic heterocycles. The van der Waals surface area contributed by atoms with E-state index in [4.69, 9.17) is 9.57 Å². The number of halogens is 1. The molecular weight excluding hydrogens is 339 g/mol. The topological polar surface area (TPSA) is 68.2 Å². The Bertz CT molecular complexity index is 893. The average Bonchev–Trinajstić information content (AvgIpc) is 3.19. The predicted molar refractivity (Wildman–Crippen MR) is 89.9 cm³/mol. The third-order valence-electron chi connectivity index (χ3n) is 4.54. The van der Waals surface area contributed by atoms with Crippen molar-refractivity contribution >= 4 is 17.5 Å². The Morgan fingerprint density at radius 1 is 1.08 bits per heavy atom. The minimum absolute atomic E-state index is 0.148. The summed E-state index contributed by atoms with van der Waals surface area (Å²) < 4.78 is 18.2. The smallest absolute Gasteiger partial charge is 0.274 e. The number of rotatable bonds is 4. The van der Waals surface area contributed by atoms with Gasteiger partial charge in [-0.3, -0.25) is 14.5 Å². The van der Waals surface area contributed by atoms with Crippen molar-refractivity contribution in [1.82, 2.24) is 4.90 Å². The van der Waals surface area contributed by atoms with Crippen LogP contribution in [-0.4, -0.2) is 35.6 Å². The molecule has 0 N–H and O–H groups in total. The predicted octanol–water partition coefficient (Wildman–Crippen LogP) is 2.12. The molecule has 2 aliphatic heterocycles. The summed E-state index contributed by atoms with van der Waals surface area (Å²) in [6.45, 7) is 0.148. The van der Waals surface area contributed by atoms with Crippen LogP contribution in [0.25, 0.3) is 0 Å². The third-order valence-corrected chi connectivity index (χ3v) is 4.54. The normalized spacial score (nSPS) is 21.5. The summed E-state index contributed by atoms with van der Waals surface area (Å²) >= 11 is 0. The van der Waals surface area contributed by atoms with Gasteiger partial charge in [0.2, 0.25) is 12.0 Å². The maximum Gasteiger partial charge on any atom is 0.274 e. The molecule has 0 bridgehead atoms. The van der Waals surface area contributed by atoms with Gasteiger partial charge in [0.05, 0.1) is 13.7 Å². The highest BCUT2D eigenvalue weighted by molar-refractivity contribution is 6.23. The molecule has 1 saturated heterocycles. The molecule has 132 valence electrons. The number of benzene rings is 2. The fourth-order valence-electron chi connectivity index (χ4n) is 3.16. The number of likely N-dealkylation sites (tertiary alicyclic amines) is 1. The van der Waals surface area contributed by atoms with E-state index < -0.39 is 17.9 Å². The van der Waals surface area contributed by atoms with Gasteiger partial charge in [0.15, 0.2) is 0 Å². The van der Waals surface area contributed by atoms with Crippen molar-refractivity contribution in [2.75, 3.05) is 7.11 Å². The summed E-state index contributed by atoms with van der Waals surface area (Å²) in [7, 11) is 1.57. The summed E-state index contributed by atoms with van der Waals surface area (Å²) in [5, 5.41) is 3.89. The van der Waals surface area contributed by atoms with Gasteiger partial charge < -0.3 is 9.57 Å². The lowest BCUT2D eigenvalue weighted by Crippen LogP contribution is -2.32. The first kappa shape index (κ1) is 16.3.